The van der Waals surface area contributed by atoms with Crippen molar-refractivity contribution in [3.05, 3.63) is 57.1 Å². The van der Waals surface area contributed by atoms with Crippen LogP contribution >= 0.6 is 23.2 Å². The lowest BCUT2D eigenvalue weighted by Gasteiger charge is -2.25. The van der Waals surface area contributed by atoms with E-state index in [1.165, 1.54) is 25.2 Å². The first kappa shape index (κ1) is 23.8. The molecule has 1 N–H and O–H groups in total. The number of Topliss-reactive ketones (excluding diaryl/α,β-unsaturated/α-hetero) is 1. The van der Waals surface area contributed by atoms with Gasteiger partial charge in [0.25, 0.3) is 11.7 Å². The minimum atomic E-state index is -0.804. The highest BCUT2D eigenvalue weighted by Gasteiger charge is 2.46. The van der Waals surface area contributed by atoms with Crippen LogP contribution in [0.25, 0.3) is 5.76 Å². The predicted molar refractivity (Wildman–Crippen MR) is 122 cm³/mol. The summed E-state index contributed by atoms with van der Waals surface area (Å²) in [6.07, 6.45) is 0.628. The van der Waals surface area contributed by atoms with Gasteiger partial charge >= 0.3 is 0 Å². The summed E-state index contributed by atoms with van der Waals surface area (Å²) in [6, 6.07) is 7.53. The van der Waals surface area contributed by atoms with Crippen LogP contribution < -0.4 is 14.2 Å². The van der Waals surface area contributed by atoms with Gasteiger partial charge in [-0.1, -0.05) is 42.3 Å². The maximum Gasteiger partial charge on any atom is 0.295 e. The normalized spacial score (nSPS) is 17.6. The molecule has 2 aromatic rings. The third-order valence-corrected chi connectivity index (χ3v) is 5.85. The molecule has 1 aliphatic rings. The second-order valence-electron chi connectivity index (χ2n) is 7.05. The number of likely N-dealkylation sites (tertiary alicyclic amines) is 1. The van der Waals surface area contributed by atoms with Gasteiger partial charge in [-0.15, -0.1) is 0 Å². The average Bonchev–Trinajstić information content (AvgIpc) is 3.04. The minimum Gasteiger partial charge on any atom is -0.507 e. The summed E-state index contributed by atoms with van der Waals surface area (Å²) in [5, 5.41) is 11.4. The maximum atomic E-state index is 13.0. The molecule has 0 aromatic heterocycles. The summed E-state index contributed by atoms with van der Waals surface area (Å²) in [4.78, 5) is 27.3. The molecule has 1 saturated heterocycles. The van der Waals surface area contributed by atoms with Crippen molar-refractivity contribution < 1.29 is 28.9 Å². The number of hydrogen-bond donors (Lipinski definition) is 1. The van der Waals surface area contributed by atoms with Gasteiger partial charge in [0, 0.05) is 6.54 Å². The van der Waals surface area contributed by atoms with Gasteiger partial charge in [0.1, 0.15) is 16.5 Å². The van der Waals surface area contributed by atoms with Crippen LogP contribution in [0, 0.1) is 0 Å². The van der Waals surface area contributed by atoms with Gasteiger partial charge in [-0.05, 0) is 30.2 Å². The highest BCUT2D eigenvalue weighted by atomic mass is 35.5. The topological polar surface area (TPSA) is 85.3 Å². The summed E-state index contributed by atoms with van der Waals surface area (Å²) in [5.41, 5.74) is 0.644. The fourth-order valence-electron chi connectivity index (χ4n) is 3.78. The fourth-order valence-corrected chi connectivity index (χ4v) is 4.46. The number of carbonyl (C=O) groups is 2. The van der Waals surface area contributed by atoms with E-state index in [0.717, 1.165) is 0 Å². The SMILES string of the molecule is CCCN1C(=O)C(=O)/C(=C(/O)c2cc(Cl)c(OC)c(Cl)c2OC)C1c1ccc(OC)cc1. The molecule has 3 rings (SSSR count). The van der Waals surface area contributed by atoms with Crippen LogP contribution in [0.2, 0.25) is 10.0 Å². The van der Waals surface area contributed by atoms with Crippen molar-refractivity contribution in [3.8, 4) is 17.2 Å². The first-order valence-electron chi connectivity index (χ1n) is 9.83. The van der Waals surface area contributed by atoms with E-state index < -0.39 is 23.5 Å². The van der Waals surface area contributed by atoms with Gasteiger partial charge in [-0.3, -0.25) is 9.59 Å². The summed E-state index contributed by atoms with van der Waals surface area (Å²) >= 11 is 12.6. The summed E-state index contributed by atoms with van der Waals surface area (Å²) in [5.74, 6) is -1.08. The number of rotatable bonds is 7. The molecule has 1 aliphatic heterocycles. The Morgan fingerprint density at radius 3 is 2.19 bits per heavy atom. The fraction of sp³-hybridized carbons (Fsp3) is 0.304. The molecule has 32 heavy (non-hydrogen) atoms. The Labute approximate surface area is 196 Å². The van der Waals surface area contributed by atoms with Crippen molar-refractivity contribution in [1.29, 1.82) is 0 Å². The van der Waals surface area contributed by atoms with Crippen LogP contribution in [0.15, 0.2) is 35.9 Å². The second-order valence-corrected chi connectivity index (χ2v) is 7.84. The quantitative estimate of drug-likeness (QED) is 0.347. The zero-order valence-corrected chi connectivity index (χ0v) is 19.6. The number of halogens is 2. The van der Waals surface area contributed by atoms with Crippen LogP contribution in [0.5, 0.6) is 17.2 Å². The van der Waals surface area contributed by atoms with Gasteiger partial charge in [0.2, 0.25) is 0 Å². The smallest absolute Gasteiger partial charge is 0.295 e. The molecule has 0 bridgehead atoms. The Kier molecular flexibility index (Phi) is 7.21. The molecular formula is C23H23Cl2NO6. The minimum absolute atomic E-state index is 0.0350. The lowest BCUT2D eigenvalue weighted by molar-refractivity contribution is -0.139. The Morgan fingerprint density at radius 1 is 1.03 bits per heavy atom. The number of amides is 1. The van der Waals surface area contributed by atoms with E-state index in [1.807, 2.05) is 6.92 Å². The Hall–Kier alpha value is -2.90. The number of ether oxygens (including phenoxy) is 3. The standard InChI is InChI=1S/C23H23Cl2NO6/c1-5-10-26-18(12-6-8-13(30-2)9-7-12)16(20(28)23(26)29)19(27)14-11-15(24)22(32-4)17(25)21(14)31-3/h6-9,11,18,27H,5,10H2,1-4H3/b19-16+. The maximum absolute atomic E-state index is 13.0. The largest absolute Gasteiger partial charge is 0.507 e. The molecule has 2 aromatic carbocycles. The molecule has 0 spiro atoms. The van der Waals surface area contributed by atoms with E-state index in [-0.39, 0.29) is 32.7 Å². The second kappa shape index (κ2) is 9.71. The lowest BCUT2D eigenvalue weighted by Crippen LogP contribution is -2.30. The molecule has 0 aliphatic carbocycles. The number of aliphatic hydroxyl groups excluding tert-OH is 1. The molecular weight excluding hydrogens is 457 g/mol. The summed E-state index contributed by atoms with van der Waals surface area (Å²) in [6.45, 7) is 2.23. The van der Waals surface area contributed by atoms with E-state index in [1.54, 1.807) is 31.4 Å². The first-order chi connectivity index (χ1) is 15.3. The molecule has 0 saturated carbocycles. The van der Waals surface area contributed by atoms with Gasteiger partial charge in [-0.2, -0.15) is 0 Å². The molecule has 1 atom stereocenters. The highest BCUT2D eigenvalue weighted by molar-refractivity contribution is 6.47. The van der Waals surface area contributed by atoms with Crippen LogP contribution in [0.1, 0.15) is 30.5 Å². The molecule has 1 heterocycles. The Morgan fingerprint density at radius 2 is 1.66 bits per heavy atom. The van der Waals surface area contributed by atoms with Crippen molar-refractivity contribution in [2.75, 3.05) is 27.9 Å². The number of methoxy groups -OCH3 is 3. The molecule has 9 heteroatoms. The number of hydrogen-bond acceptors (Lipinski definition) is 6. The lowest BCUT2D eigenvalue weighted by atomic mass is 9.94. The molecule has 7 nitrogen and oxygen atoms in total. The van der Waals surface area contributed by atoms with E-state index in [4.69, 9.17) is 37.4 Å². The molecule has 170 valence electrons. The van der Waals surface area contributed by atoms with Crippen LogP contribution in [-0.4, -0.2) is 49.6 Å². The van der Waals surface area contributed by atoms with Gasteiger partial charge in [0.05, 0.1) is 43.5 Å². The highest BCUT2D eigenvalue weighted by Crippen LogP contribution is 2.47. The van der Waals surface area contributed by atoms with Crippen molar-refractivity contribution in [1.82, 2.24) is 4.90 Å². The average molecular weight is 480 g/mol. The summed E-state index contributed by atoms with van der Waals surface area (Å²) < 4.78 is 15.8. The van der Waals surface area contributed by atoms with Crippen molar-refractivity contribution in [2.24, 2.45) is 0 Å². The van der Waals surface area contributed by atoms with Crippen molar-refractivity contribution in [2.45, 2.75) is 19.4 Å². The number of benzene rings is 2. The van der Waals surface area contributed by atoms with Crippen LogP contribution in [-0.2, 0) is 9.59 Å². The molecule has 1 fully saturated rings. The number of ketones is 1. The van der Waals surface area contributed by atoms with Gasteiger partial charge in [0.15, 0.2) is 11.5 Å². The monoisotopic (exact) mass is 479 g/mol. The zero-order chi connectivity index (χ0) is 23.6. The van der Waals surface area contributed by atoms with E-state index >= 15 is 0 Å². The Balaban J connectivity index is 2.28. The number of nitrogens with zero attached hydrogens (tertiary/aromatic N) is 1. The van der Waals surface area contributed by atoms with Crippen LogP contribution in [0.3, 0.4) is 0 Å². The third kappa shape index (κ3) is 3.98. The number of carbonyl (C=O) groups excluding carboxylic acids is 2. The van der Waals surface area contributed by atoms with Crippen molar-refractivity contribution >= 4 is 40.7 Å². The van der Waals surface area contributed by atoms with E-state index in [9.17, 15) is 14.7 Å². The molecule has 1 unspecified atom stereocenters. The van der Waals surface area contributed by atoms with Gasteiger partial charge < -0.3 is 24.2 Å². The van der Waals surface area contributed by atoms with E-state index in [0.29, 0.717) is 24.3 Å². The van der Waals surface area contributed by atoms with Gasteiger partial charge in [-0.25, -0.2) is 0 Å². The Bertz CT molecular complexity index is 1080. The number of aliphatic hydroxyl groups is 1. The molecule has 0 radical (unpaired) electrons. The van der Waals surface area contributed by atoms with E-state index in [2.05, 4.69) is 0 Å². The first-order valence-corrected chi connectivity index (χ1v) is 10.6. The van der Waals surface area contributed by atoms with Crippen molar-refractivity contribution in [3.63, 3.8) is 0 Å². The third-order valence-electron chi connectivity index (χ3n) is 5.23. The molecule has 1 amide bonds. The van der Waals surface area contributed by atoms with Crippen LogP contribution in [0.4, 0.5) is 0 Å². The predicted octanol–water partition coefficient (Wildman–Crippen LogP) is 4.85. The zero-order valence-electron chi connectivity index (χ0n) is 18.1. The summed E-state index contributed by atoms with van der Waals surface area (Å²) in [7, 11) is 4.30.